The second-order valence-corrected chi connectivity index (χ2v) is 5.91. The van der Waals surface area contributed by atoms with Crippen LogP contribution in [0.1, 0.15) is 5.56 Å². The average molecular weight is 293 g/mol. The lowest BCUT2D eigenvalue weighted by molar-refractivity contribution is 0.147. The molecule has 1 amide bonds. The minimum atomic E-state index is -0.459. The predicted octanol–water partition coefficient (Wildman–Crippen LogP) is 3.34. The van der Waals surface area contributed by atoms with Gasteiger partial charge in [0, 0.05) is 27.0 Å². The second-order valence-electron chi connectivity index (χ2n) is 3.27. The zero-order valence-corrected chi connectivity index (χ0v) is 11.9. The average Bonchev–Trinajstić information content (AvgIpc) is 2.28. The van der Waals surface area contributed by atoms with Crippen molar-refractivity contribution in [3.05, 3.63) is 34.9 Å². The number of halogens is 1. The monoisotopic (exact) mass is 292 g/mol. The number of hydrogen-bond donors (Lipinski definition) is 1. The zero-order valence-electron chi connectivity index (χ0n) is 9.47. The fraction of sp³-hybridized carbons (Fsp3) is 0.300. The molecule has 0 saturated carbocycles. The predicted molar refractivity (Wildman–Crippen MR) is 73.6 cm³/mol. The molecule has 94 valence electrons. The van der Waals surface area contributed by atoms with E-state index in [2.05, 4.69) is 4.72 Å². The molecule has 0 unspecified atom stereocenters. The van der Waals surface area contributed by atoms with Crippen molar-refractivity contribution in [1.29, 1.82) is 0 Å². The molecular weight excluding hydrogens is 280 g/mol. The van der Waals surface area contributed by atoms with Gasteiger partial charge in [0.15, 0.2) is 0 Å². The SMILES string of the molecule is CN(C)SSNC(=O)OCc1ccc(Cl)cc1. The van der Waals surface area contributed by atoms with E-state index in [9.17, 15) is 4.79 Å². The molecule has 4 nitrogen and oxygen atoms in total. The molecule has 17 heavy (non-hydrogen) atoms. The van der Waals surface area contributed by atoms with Gasteiger partial charge in [0.1, 0.15) is 6.61 Å². The topological polar surface area (TPSA) is 41.6 Å². The smallest absolute Gasteiger partial charge is 0.418 e. The Morgan fingerprint density at radius 2 is 2.06 bits per heavy atom. The van der Waals surface area contributed by atoms with Gasteiger partial charge in [0.25, 0.3) is 0 Å². The number of rotatable bonds is 5. The highest BCUT2D eigenvalue weighted by molar-refractivity contribution is 8.75. The Morgan fingerprint density at radius 3 is 2.65 bits per heavy atom. The van der Waals surface area contributed by atoms with Crippen LogP contribution in [-0.2, 0) is 11.3 Å². The molecule has 1 aromatic carbocycles. The quantitative estimate of drug-likeness (QED) is 0.666. The summed E-state index contributed by atoms with van der Waals surface area (Å²) in [5.74, 6) is 0. The number of carbonyl (C=O) groups excluding carboxylic acids is 1. The third-order valence-corrected chi connectivity index (χ3v) is 3.84. The first-order valence-electron chi connectivity index (χ1n) is 4.76. The Kier molecular flexibility index (Phi) is 6.57. The van der Waals surface area contributed by atoms with E-state index in [1.807, 2.05) is 30.5 Å². The van der Waals surface area contributed by atoms with Crippen LogP contribution >= 0.6 is 33.6 Å². The van der Waals surface area contributed by atoms with Crippen molar-refractivity contribution in [3.8, 4) is 0 Å². The number of hydrogen-bond acceptors (Lipinski definition) is 5. The van der Waals surface area contributed by atoms with Crippen LogP contribution in [0.5, 0.6) is 0 Å². The summed E-state index contributed by atoms with van der Waals surface area (Å²) in [6, 6.07) is 7.15. The first-order chi connectivity index (χ1) is 8.08. The van der Waals surface area contributed by atoms with Gasteiger partial charge in [-0.1, -0.05) is 23.7 Å². The normalized spacial score (nSPS) is 10.4. The molecule has 0 aliphatic rings. The van der Waals surface area contributed by atoms with Crippen LogP contribution < -0.4 is 4.72 Å². The van der Waals surface area contributed by atoms with Crippen LogP contribution in [0.15, 0.2) is 24.3 Å². The van der Waals surface area contributed by atoms with Gasteiger partial charge in [0.2, 0.25) is 0 Å². The van der Waals surface area contributed by atoms with E-state index in [0.717, 1.165) is 5.56 Å². The summed E-state index contributed by atoms with van der Waals surface area (Å²) < 4.78 is 9.42. The minimum absolute atomic E-state index is 0.232. The zero-order chi connectivity index (χ0) is 12.7. The fourth-order valence-electron chi connectivity index (χ4n) is 0.886. The first kappa shape index (κ1) is 14.5. The van der Waals surface area contributed by atoms with E-state index < -0.39 is 6.09 Å². The van der Waals surface area contributed by atoms with Crippen LogP contribution in [0.3, 0.4) is 0 Å². The third kappa shape index (κ3) is 6.68. The summed E-state index contributed by atoms with van der Waals surface area (Å²) in [6.45, 7) is 0.232. The van der Waals surface area contributed by atoms with Crippen LogP contribution in [0.25, 0.3) is 0 Å². The van der Waals surface area contributed by atoms with Crippen LogP contribution in [0.4, 0.5) is 4.79 Å². The van der Waals surface area contributed by atoms with Gasteiger partial charge in [0.05, 0.1) is 0 Å². The van der Waals surface area contributed by atoms with E-state index in [-0.39, 0.29) is 6.61 Å². The summed E-state index contributed by atoms with van der Waals surface area (Å²) in [4.78, 5) is 11.3. The Hall–Kier alpha value is -0.560. The van der Waals surface area contributed by atoms with Gasteiger partial charge >= 0.3 is 6.09 Å². The molecule has 1 rings (SSSR count). The summed E-state index contributed by atoms with van der Waals surface area (Å²) in [6.07, 6.45) is -0.459. The Bertz CT molecular complexity index is 360. The van der Waals surface area contributed by atoms with Gasteiger partial charge < -0.3 is 4.74 Å². The van der Waals surface area contributed by atoms with Crippen molar-refractivity contribution in [1.82, 2.24) is 9.03 Å². The molecule has 0 aliphatic heterocycles. The van der Waals surface area contributed by atoms with Crippen molar-refractivity contribution in [2.45, 2.75) is 6.61 Å². The van der Waals surface area contributed by atoms with Crippen LogP contribution in [0.2, 0.25) is 5.02 Å². The summed E-state index contributed by atoms with van der Waals surface area (Å²) in [5, 5.41) is 0.663. The third-order valence-electron chi connectivity index (χ3n) is 1.59. The Balaban J connectivity index is 2.21. The number of carbonyl (C=O) groups is 1. The molecule has 0 aliphatic carbocycles. The molecule has 0 heterocycles. The lowest BCUT2D eigenvalue weighted by atomic mass is 10.2. The highest BCUT2D eigenvalue weighted by atomic mass is 35.5. The van der Waals surface area contributed by atoms with E-state index in [0.29, 0.717) is 5.02 Å². The molecule has 0 saturated heterocycles. The summed E-state index contributed by atoms with van der Waals surface area (Å²) >= 11 is 5.74. The molecule has 0 spiro atoms. The lowest BCUT2D eigenvalue weighted by Gasteiger charge is -2.08. The van der Waals surface area contributed by atoms with E-state index in [1.165, 1.54) is 22.0 Å². The van der Waals surface area contributed by atoms with E-state index in [4.69, 9.17) is 16.3 Å². The number of nitrogens with one attached hydrogen (secondary N) is 1. The molecule has 1 N–H and O–H groups in total. The van der Waals surface area contributed by atoms with Crippen molar-refractivity contribution in [2.24, 2.45) is 0 Å². The molecule has 1 aromatic rings. The maximum absolute atomic E-state index is 11.3. The summed E-state index contributed by atoms with van der Waals surface area (Å²) in [7, 11) is 6.38. The standard InChI is InChI=1S/C10H13ClN2O2S2/c1-13(2)17-16-12-10(14)15-7-8-3-5-9(11)6-4-8/h3-6H,7H2,1-2H3,(H,12,14). The Labute approximate surface area is 114 Å². The van der Waals surface area contributed by atoms with Gasteiger partial charge in [-0.25, -0.2) is 9.10 Å². The number of nitrogens with zero attached hydrogens (tertiary/aromatic N) is 1. The van der Waals surface area contributed by atoms with Crippen LogP contribution in [0, 0.1) is 0 Å². The molecule has 7 heteroatoms. The van der Waals surface area contributed by atoms with Crippen LogP contribution in [-0.4, -0.2) is 24.5 Å². The largest absolute Gasteiger partial charge is 0.444 e. The molecule has 0 radical (unpaired) electrons. The minimum Gasteiger partial charge on any atom is -0.444 e. The first-order valence-corrected chi connectivity index (χ1v) is 7.24. The highest BCUT2D eigenvalue weighted by Gasteiger charge is 2.03. The highest BCUT2D eigenvalue weighted by Crippen LogP contribution is 2.19. The second kappa shape index (κ2) is 7.71. The van der Waals surface area contributed by atoms with Gasteiger partial charge in [-0.15, -0.1) is 0 Å². The fourth-order valence-corrected chi connectivity index (χ4v) is 2.09. The number of benzene rings is 1. The molecule has 0 bridgehead atoms. The Morgan fingerprint density at radius 1 is 1.41 bits per heavy atom. The molecule has 0 atom stereocenters. The van der Waals surface area contributed by atoms with Crippen molar-refractivity contribution >= 4 is 39.7 Å². The van der Waals surface area contributed by atoms with Gasteiger partial charge in [-0.2, -0.15) is 0 Å². The van der Waals surface area contributed by atoms with Gasteiger partial charge in [-0.3, -0.25) is 4.72 Å². The van der Waals surface area contributed by atoms with E-state index in [1.54, 1.807) is 12.1 Å². The maximum atomic E-state index is 11.3. The molecule has 0 fully saturated rings. The summed E-state index contributed by atoms with van der Waals surface area (Å²) in [5.41, 5.74) is 0.898. The number of amides is 1. The van der Waals surface area contributed by atoms with Crippen molar-refractivity contribution < 1.29 is 9.53 Å². The maximum Gasteiger partial charge on any atom is 0.418 e. The molecule has 0 aromatic heterocycles. The van der Waals surface area contributed by atoms with E-state index >= 15 is 0 Å². The van der Waals surface area contributed by atoms with Gasteiger partial charge in [-0.05, 0) is 31.8 Å². The van der Waals surface area contributed by atoms with Crippen molar-refractivity contribution in [3.63, 3.8) is 0 Å². The number of ether oxygens (including phenoxy) is 1. The molecular formula is C10H13ClN2O2S2. The lowest BCUT2D eigenvalue weighted by Crippen LogP contribution is -2.17. The van der Waals surface area contributed by atoms with Crippen molar-refractivity contribution in [2.75, 3.05) is 14.1 Å².